The van der Waals surface area contributed by atoms with Crippen molar-refractivity contribution in [3.63, 3.8) is 0 Å². The van der Waals surface area contributed by atoms with Gasteiger partial charge in [-0.2, -0.15) is 0 Å². The average Bonchev–Trinajstić information content (AvgIpc) is 2.46. The molecule has 21 heavy (non-hydrogen) atoms. The van der Waals surface area contributed by atoms with Gasteiger partial charge in [-0.1, -0.05) is 43.0 Å². The lowest BCUT2D eigenvalue weighted by Crippen LogP contribution is -2.44. The largest absolute Gasteiger partial charge is 0.481 e. The van der Waals surface area contributed by atoms with E-state index in [2.05, 4.69) is 5.32 Å². The molecule has 0 atom stereocenters. The average molecular weight is 310 g/mol. The molecule has 1 fully saturated rings. The van der Waals surface area contributed by atoms with Crippen LogP contribution in [-0.4, -0.2) is 23.5 Å². The number of hydrogen-bond donors (Lipinski definition) is 2. The van der Waals surface area contributed by atoms with Crippen LogP contribution in [0, 0.1) is 5.41 Å². The van der Waals surface area contributed by atoms with Crippen molar-refractivity contribution in [2.45, 2.75) is 38.5 Å². The van der Waals surface area contributed by atoms with Gasteiger partial charge in [0.2, 0.25) is 5.91 Å². The van der Waals surface area contributed by atoms with Crippen LogP contribution in [0.2, 0.25) is 5.02 Å². The van der Waals surface area contributed by atoms with Crippen LogP contribution in [0.3, 0.4) is 0 Å². The summed E-state index contributed by atoms with van der Waals surface area (Å²) in [5.74, 6) is -0.964. The van der Waals surface area contributed by atoms with Crippen LogP contribution < -0.4 is 5.32 Å². The first-order valence-corrected chi connectivity index (χ1v) is 7.64. The normalized spacial score (nSPS) is 17.2. The molecule has 1 amide bonds. The molecule has 1 aliphatic rings. The van der Waals surface area contributed by atoms with Crippen LogP contribution >= 0.6 is 11.6 Å². The molecule has 0 heterocycles. The molecule has 0 aliphatic heterocycles. The molecule has 2 N–H and O–H groups in total. The Morgan fingerprint density at radius 1 is 1.24 bits per heavy atom. The Morgan fingerprint density at radius 2 is 1.95 bits per heavy atom. The van der Waals surface area contributed by atoms with E-state index in [0.717, 1.165) is 24.8 Å². The molecule has 0 radical (unpaired) electrons. The lowest BCUT2D eigenvalue weighted by Gasteiger charge is -2.33. The van der Waals surface area contributed by atoms with Gasteiger partial charge in [0.05, 0.1) is 11.8 Å². The first-order chi connectivity index (χ1) is 10.0. The monoisotopic (exact) mass is 309 g/mol. The molecule has 0 spiro atoms. The predicted octanol–water partition coefficient (Wildman–Crippen LogP) is 3.03. The predicted molar refractivity (Wildman–Crippen MR) is 81.3 cm³/mol. The van der Waals surface area contributed by atoms with Gasteiger partial charge in [0.1, 0.15) is 0 Å². The van der Waals surface area contributed by atoms with Gasteiger partial charge in [-0.15, -0.1) is 0 Å². The summed E-state index contributed by atoms with van der Waals surface area (Å²) in [6, 6.07) is 7.13. The number of hydrogen-bond acceptors (Lipinski definition) is 2. The van der Waals surface area contributed by atoms with Gasteiger partial charge in [-0.25, -0.2) is 0 Å². The maximum Gasteiger partial charge on any atom is 0.311 e. The van der Waals surface area contributed by atoms with Gasteiger partial charge in [0.25, 0.3) is 0 Å². The molecular weight excluding hydrogens is 290 g/mol. The summed E-state index contributed by atoms with van der Waals surface area (Å²) in [4.78, 5) is 23.5. The van der Waals surface area contributed by atoms with Crippen LogP contribution in [0.15, 0.2) is 24.3 Å². The smallest absolute Gasteiger partial charge is 0.311 e. The number of aliphatic carboxylic acids is 1. The summed E-state index contributed by atoms with van der Waals surface area (Å²) in [5.41, 5.74) is 0.0374. The molecule has 2 rings (SSSR count). The van der Waals surface area contributed by atoms with Crippen molar-refractivity contribution in [3.8, 4) is 0 Å². The molecule has 1 aromatic rings. The maximum absolute atomic E-state index is 12.0. The molecule has 5 heteroatoms. The second-order valence-electron chi connectivity index (χ2n) is 5.73. The van der Waals surface area contributed by atoms with Crippen LogP contribution in [-0.2, 0) is 16.0 Å². The van der Waals surface area contributed by atoms with Crippen LogP contribution in [0.25, 0.3) is 0 Å². The molecule has 0 saturated heterocycles. The number of carbonyl (C=O) groups is 2. The van der Waals surface area contributed by atoms with E-state index in [1.807, 2.05) is 6.07 Å². The minimum atomic E-state index is -0.801. The zero-order valence-electron chi connectivity index (χ0n) is 11.9. The number of halogens is 1. The summed E-state index contributed by atoms with van der Waals surface area (Å²) in [5, 5.41) is 12.8. The van der Waals surface area contributed by atoms with Crippen LogP contribution in [0.5, 0.6) is 0 Å². The van der Waals surface area contributed by atoms with E-state index in [-0.39, 0.29) is 18.9 Å². The van der Waals surface area contributed by atoms with Crippen molar-refractivity contribution in [2.24, 2.45) is 5.41 Å². The molecule has 114 valence electrons. The van der Waals surface area contributed by atoms with Gasteiger partial charge in [-0.05, 0) is 30.5 Å². The number of carboxylic acids is 1. The fraction of sp³-hybridized carbons (Fsp3) is 0.500. The van der Waals surface area contributed by atoms with E-state index in [4.69, 9.17) is 11.6 Å². The number of benzene rings is 1. The van der Waals surface area contributed by atoms with Crippen molar-refractivity contribution in [3.05, 3.63) is 34.9 Å². The minimum absolute atomic E-state index is 0.163. The standard InChI is InChI=1S/C16H20ClNO3/c17-13-6-4-5-12(9-13)10-14(19)18-11-16(15(20)21)7-2-1-3-8-16/h4-6,9H,1-3,7-8,10-11H2,(H,18,19)(H,20,21). The fourth-order valence-electron chi connectivity index (χ4n) is 2.86. The van der Waals surface area contributed by atoms with E-state index in [1.165, 1.54) is 0 Å². The van der Waals surface area contributed by atoms with E-state index in [1.54, 1.807) is 18.2 Å². The van der Waals surface area contributed by atoms with Gasteiger partial charge in [-0.3, -0.25) is 9.59 Å². The van der Waals surface area contributed by atoms with E-state index < -0.39 is 11.4 Å². The molecular formula is C16H20ClNO3. The van der Waals surface area contributed by atoms with Crippen molar-refractivity contribution in [1.82, 2.24) is 5.32 Å². The molecule has 0 aromatic heterocycles. The second kappa shape index (κ2) is 6.94. The van der Waals surface area contributed by atoms with Crippen molar-refractivity contribution < 1.29 is 14.7 Å². The number of rotatable bonds is 5. The Balaban J connectivity index is 1.91. The number of amides is 1. The summed E-state index contributed by atoms with van der Waals surface area (Å²) in [7, 11) is 0. The number of carbonyl (C=O) groups excluding carboxylic acids is 1. The topological polar surface area (TPSA) is 66.4 Å². The summed E-state index contributed by atoms with van der Waals surface area (Å²) in [6.07, 6.45) is 4.40. The first kappa shape index (κ1) is 15.8. The highest BCUT2D eigenvalue weighted by atomic mass is 35.5. The highest BCUT2D eigenvalue weighted by molar-refractivity contribution is 6.30. The molecule has 4 nitrogen and oxygen atoms in total. The highest BCUT2D eigenvalue weighted by Crippen LogP contribution is 2.36. The highest BCUT2D eigenvalue weighted by Gasteiger charge is 2.39. The molecule has 1 aliphatic carbocycles. The third kappa shape index (κ3) is 4.21. The van der Waals surface area contributed by atoms with Gasteiger partial charge in [0.15, 0.2) is 0 Å². The van der Waals surface area contributed by atoms with Crippen molar-refractivity contribution in [2.75, 3.05) is 6.54 Å². The van der Waals surface area contributed by atoms with Crippen LogP contribution in [0.1, 0.15) is 37.7 Å². The fourth-order valence-corrected chi connectivity index (χ4v) is 3.07. The lowest BCUT2D eigenvalue weighted by molar-refractivity contribution is -0.151. The number of carboxylic acid groups (broad SMARTS) is 1. The molecule has 1 aromatic carbocycles. The summed E-state index contributed by atoms with van der Waals surface area (Å²) < 4.78 is 0. The Bertz CT molecular complexity index is 524. The maximum atomic E-state index is 12.0. The molecule has 0 bridgehead atoms. The zero-order chi connectivity index (χ0) is 15.3. The van der Waals surface area contributed by atoms with E-state index in [0.29, 0.717) is 17.9 Å². The lowest BCUT2D eigenvalue weighted by atomic mass is 9.74. The Kier molecular flexibility index (Phi) is 5.23. The Labute approximate surface area is 129 Å². The van der Waals surface area contributed by atoms with Gasteiger partial charge < -0.3 is 10.4 Å². The summed E-state index contributed by atoms with van der Waals surface area (Å²) in [6.45, 7) is 0.210. The SMILES string of the molecule is O=C(Cc1cccc(Cl)c1)NCC1(C(=O)O)CCCCC1. The van der Waals surface area contributed by atoms with Gasteiger partial charge >= 0.3 is 5.97 Å². The third-order valence-electron chi connectivity index (χ3n) is 4.14. The Hall–Kier alpha value is -1.55. The molecule has 0 unspecified atom stereocenters. The van der Waals surface area contributed by atoms with Gasteiger partial charge in [0, 0.05) is 11.6 Å². The second-order valence-corrected chi connectivity index (χ2v) is 6.17. The first-order valence-electron chi connectivity index (χ1n) is 7.26. The van der Waals surface area contributed by atoms with E-state index in [9.17, 15) is 14.7 Å². The summed E-state index contributed by atoms with van der Waals surface area (Å²) >= 11 is 5.88. The quantitative estimate of drug-likeness (QED) is 0.878. The zero-order valence-corrected chi connectivity index (χ0v) is 12.7. The Morgan fingerprint density at radius 3 is 2.57 bits per heavy atom. The van der Waals surface area contributed by atoms with E-state index >= 15 is 0 Å². The van der Waals surface area contributed by atoms with Crippen molar-refractivity contribution >= 4 is 23.5 Å². The van der Waals surface area contributed by atoms with Crippen molar-refractivity contribution in [1.29, 1.82) is 0 Å². The number of nitrogens with one attached hydrogen (secondary N) is 1. The third-order valence-corrected chi connectivity index (χ3v) is 4.38. The van der Waals surface area contributed by atoms with Crippen LogP contribution in [0.4, 0.5) is 0 Å². The molecule has 1 saturated carbocycles. The minimum Gasteiger partial charge on any atom is -0.481 e.